The maximum absolute atomic E-state index is 12.2. The van der Waals surface area contributed by atoms with E-state index in [4.69, 9.17) is 9.47 Å². The number of amides is 1. The molecular formula is C18H19NO3. The molecule has 0 spiro atoms. The minimum absolute atomic E-state index is 0.122. The van der Waals surface area contributed by atoms with Crippen molar-refractivity contribution >= 4 is 6.09 Å². The third kappa shape index (κ3) is 2.52. The van der Waals surface area contributed by atoms with E-state index in [9.17, 15) is 4.79 Å². The van der Waals surface area contributed by atoms with Crippen LogP contribution in [0.1, 0.15) is 22.7 Å². The predicted octanol–water partition coefficient (Wildman–Crippen LogP) is 3.41. The maximum Gasteiger partial charge on any atom is 0.410 e. The molecule has 0 aliphatic carbocycles. The zero-order valence-corrected chi connectivity index (χ0v) is 12.8. The molecule has 3 rings (SSSR count). The van der Waals surface area contributed by atoms with Crippen molar-refractivity contribution in [2.45, 2.75) is 12.5 Å². The normalized spacial score (nSPS) is 16.8. The number of hydrogen-bond acceptors (Lipinski definition) is 3. The van der Waals surface area contributed by atoms with Crippen molar-refractivity contribution in [3.05, 3.63) is 65.2 Å². The molecule has 4 nitrogen and oxygen atoms in total. The Labute approximate surface area is 130 Å². The third-order valence-corrected chi connectivity index (χ3v) is 4.12. The maximum atomic E-state index is 12.2. The topological polar surface area (TPSA) is 38.8 Å². The van der Waals surface area contributed by atoms with Gasteiger partial charge in [0.25, 0.3) is 0 Å². The molecule has 4 heteroatoms. The van der Waals surface area contributed by atoms with Gasteiger partial charge in [0.2, 0.25) is 0 Å². The van der Waals surface area contributed by atoms with Crippen LogP contribution in [0, 0.1) is 0 Å². The minimum Gasteiger partial charge on any atom is -0.497 e. The van der Waals surface area contributed by atoms with Gasteiger partial charge in [0.05, 0.1) is 20.3 Å². The van der Waals surface area contributed by atoms with E-state index in [-0.39, 0.29) is 12.1 Å². The first-order valence-corrected chi connectivity index (χ1v) is 7.31. The van der Waals surface area contributed by atoms with E-state index in [1.54, 1.807) is 12.0 Å². The Hall–Kier alpha value is -2.49. The number of ether oxygens (including phenoxy) is 2. The van der Waals surface area contributed by atoms with Gasteiger partial charge in [-0.15, -0.1) is 0 Å². The van der Waals surface area contributed by atoms with Crippen molar-refractivity contribution in [3.63, 3.8) is 0 Å². The zero-order valence-electron chi connectivity index (χ0n) is 12.8. The van der Waals surface area contributed by atoms with Crippen LogP contribution in [0.5, 0.6) is 5.75 Å². The summed E-state index contributed by atoms with van der Waals surface area (Å²) in [6.07, 6.45) is 0.549. The van der Waals surface area contributed by atoms with Gasteiger partial charge in [-0.25, -0.2) is 4.79 Å². The molecule has 0 saturated carbocycles. The summed E-state index contributed by atoms with van der Waals surface area (Å²) < 4.78 is 10.2. The first-order valence-electron chi connectivity index (χ1n) is 7.31. The van der Waals surface area contributed by atoms with E-state index >= 15 is 0 Å². The quantitative estimate of drug-likeness (QED) is 0.852. The molecule has 2 aromatic carbocycles. The lowest BCUT2D eigenvalue weighted by Gasteiger charge is -2.36. The van der Waals surface area contributed by atoms with E-state index in [1.807, 2.05) is 36.4 Å². The number of methoxy groups -OCH3 is 2. The van der Waals surface area contributed by atoms with Crippen LogP contribution in [0.15, 0.2) is 48.5 Å². The van der Waals surface area contributed by atoms with Crippen molar-refractivity contribution in [3.8, 4) is 5.75 Å². The summed E-state index contributed by atoms with van der Waals surface area (Å²) in [5.74, 6) is 0.803. The van der Waals surface area contributed by atoms with Gasteiger partial charge < -0.3 is 9.47 Å². The number of benzene rings is 2. The molecule has 0 radical (unpaired) electrons. The number of carbonyl (C=O) groups is 1. The highest BCUT2D eigenvalue weighted by atomic mass is 16.5. The number of nitrogens with zero attached hydrogens (tertiary/aromatic N) is 1. The van der Waals surface area contributed by atoms with Crippen LogP contribution in [-0.4, -0.2) is 31.8 Å². The molecule has 0 fully saturated rings. The highest BCUT2D eigenvalue weighted by Crippen LogP contribution is 2.35. The lowest BCUT2D eigenvalue weighted by Crippen LogP contribution is -2.40. The second-order valence-corrected chi connectivity index (χ2v) is 5.29. The van der Waals surface area contributed by atoms with Crippen LogP contribution in [0.3, 0.4) is 0 Å². The van der Waals surface area contributed by atoms with E-state index in [0.717, 1.165) is 23.3 Å². The van der Waals surface area contributed by atoms with Gasteiger partial charge in [-0.1, -0.05) is 36.4 Å². The molecule has 114 valence electrons. The minimum atomic E-state index is -0.296. The van der Waals surface area contributed by atoms with Crippen molar-refractivity contribution in [1.82, 2.24) is 4.90 Å². The molecule has 1 heterocycles. The summed E-state index contributed by atoms with van der Waals surface area (Å²) >= 11 is 0. The molecule has 0 aromatic heterocycles. The van der Waals surface area contributed by atoms with Crippen molar-refractivity contribution in [1.29, 1.82) is 0 Å². The lowest BCUT2D eigenvalue weighted by atomic mass is 9.88. The monoisotopic (exact) mass is 297 g/mol. The molecular weight excluding hydrogens is 278 g/mol. The summed E-state index contributed by atoms with van der Waals surface area (Å²) in [5.41, 5.74) is 3.49. The lowest BCUT2D eigenvalue weighted by molar-refractivity contribution is 0.109. The third-order valence-electron chi connectivity index (χ3n) is 4.12. The van der Waals surface area contributed by atoms with E-state index in [0.29, 0.717) is 6.54 Å². The molecule has 1 atom stereocenters. The highest BCUT2D eigenvalue weighted by Gasteiger charge is 2.32. The average molecular weight is 297 g/mol. The fourth-order valence-electron chi connectivity index (χ4n) is 3.03. The number of fused-ring (bicyclic) bond motifs is 1. The fraction of sp³-hybridized carbons (Fsp3) is 0.278. The SMILES string of the molecule is COC(=O)N1CCc2ccccc2C1c1ccc(OC)cc1. The van der Waals surface area contributed by atoms with Gasteiger partial charge in [0, 0.05) is 6.54 Å². The Kier molecular flexibility index (Phi) is 4.00. The molecule has 0 bridgehead atoms. The standard InChI is InChI=1S/C18H19NO3/c1-21-15-9-7-14(8-10-15)17-16-6-4-3-5-13(16)11-12-19(17)18(20)22-2/h3-10,17H,11-12H2,1-2H3. The molecule has 1 aliphatic rings. The van der Waals surface area contributed by atoms with Crippen molar-refractivity contribution < 1.29 is 14.3 Å². The summed E-state index contributed by atoms with van der Waals surface area (Å²) in [7, 11) is 3.07. The number of rotatable bonds is 2. The van der Waals surface area contributed by atoms with Gasteiger partial charge in [-0.3, -0.25) is 4.90 Å². The largest absolute Gasteiger partial charge is 0.497 e. The summed E-state index contributed by atoms with van der Waals surface area (Å²) in [5, 5.41) is 0. The molecule has 1 unspecified atom stereocenters. The second kappa shape index (κ2) is 6.10. The van der Waals surface area contributed by atoms with Crippen LogP contribution in [-0.2, 0) is 11.2 Å². The van der Waals surface area contributed by atoms with E-state index in [2.05, 4.69) is 12.1 Å². The number of hydrogen-bond donors (Lipinski definition) is 0. The van der Waals surface area contributed by atoms with Crippen LogP contribution in [0.2, 0.25) is 0 Å². The van der Waals surface area contributed by atoms with Crippen LogP contribution >= 0.6 is 0 Å². The molecule has 22 heavy (non-hydrogen) atoms. The molecule has 2 aromatic rings. The van der Waals surface area contributed by atoms with Crippen molar-refractivity contribution in [2.24, 2.45) is 0 Å². The Morgan fingerprint density at radius 3 is 2.50 bits per heavy atom. The van der Waals surface area contributed by atoms with E-state index in [1.165, 1.54) is 12.7 Å². The van der Waals surface area contributed by atoms with Gasteiger partial charge in [-0.2, -0.15) is 0 Å². The predicted molar refractivity (Wildman–Crippen MR) is 84.1 cm³/mol. The first kappa shape index (κ1) is 14.4. The summed E-state index contributed by atoms with van der Waals surface area (Å²) in [4.78, 5) is 13.9. The van der Waals surface area contributed by atoms with E-state index < -0.39 is 0 Å². The van der Waals surface area contributed by atoms with Crippen LogP contribution in [0.25, 0.3) is 0 Å². The molecule has 0 N–H and O–H groups in total. The zero-order chi connectivity index (χ0) is 15.5. The van der Waals surface area contributed by atoms with Gasteiger partial charge >= 0.3 is 6.09 Å². The number of carbonyl (C=O) groups excluding carboxylic acids is 1. The van der Waals surface area contributed by atoms with Crippen LogP contribution in [0.4, 0.5) is 4.79 Å². The van der Waals surface area contributed by atoms with Gasteiger partial charge in [-0.05, 0) is 35.2 Å². The first-order chi connectivity index (χ1) is 10.7. The molecule has 1 amide bonds. The highest BCUT2D eigenvalue weighted by molar-refractivity contribution is 5.70. The fourth-order valence-corrected chi connectivity index (χ4v) is 3.03. The molecule has 1 aliphatic heterocycles. The summed E-state index contributed by atoms with van der Waals surface area (Å²) in [6, 6.07) is 16.0. The van der Waals surface area contributed by atoms with Crippen LogP contribution < -0.4 is 4.74 Å². The van der Waals surface area contributed by atoms with Crippen molar-refractivity contribution in [2.75, 3.05) is 20.8 Å². The Morgan fingerprint density at radius 1 is 1.09 bits per heavy atom. The Bertz CT molecular complexity index is 666. The summed E-state index contributed by atoms with van der Waals surface area (Å²) in [6.45, 7) is 0.653. The Morgan fingerprint density at radius 2 is 1.82 bits per heavy atom. The van der Waals surface area contributed by atoms with Gasteiger partial charge in [0.15, 0.2) is 0 Å². The smallest absolute Gasteiger partial charge is 0.410 e. The Balaban J connectivity index is 2.06. The van der Waals surface area contributed by atoms with Gasteiger partial charge in [0.1, 0.15) is 5.75 Å². The second-order valence-electron chi connectivity index (χ2n) is 5.29. The molecule has 0 saturated heterocycles. The average Bonchev–Trinajstić information content (AvgIpc) is 2.60.